The third-order valence-corrected chi connectivity index (χ3v) is 3.59. The molecule has 5 heteroatoms. The zero-order valence-electron chi connectivity index (χ0n) is 12.5. The minimum atomic E-state index is 0.0864. The van der Waals surface area contributed by atoms with Crippen LogP contribution >= 0.6 is 15.9 Å². The molecule has 0 bridgehead atoms. The Bertz CT molecular complexity index is 660. The standard InChI is InChI=1S/C16H18BrN3O/c1-5-7-16(21)14-10-20(19-12(14)4)11(3)8-15(17)13(6-2)9-18/h6,8,10H,3,5,7H2,1-2,4H3. The fraction of sp³-hybridized carbons (Fsp3) is 0.312. The Hall–Kier alpha value is -1.93. The molecule has 0 atom stereocenters. The number of rotatable bonds is 6. The van der Waals surface area contributed by atoms with Crippen LogP contribution < -0.4 is 0 Å². The van der Waals surface area contributed by atoms with Crippen LogP contribution in [-0.4, -0.2) is 15.6 Å². The second-order valence-corrected chi connectivity index (χ2v) is 5.40. The summed E-state index contributed by atoms with van der Waals surface area (Å²) >= 11 is 3.34. The van der Waals surface area contributed by atoms with E-state index < -0.39 is 0 Å². The van der Waals surface area contributed by atoms with Gasteiger partial charge in [-0.25, -0.2) is 4.68 Å². The van der Waals surface area contributed by atoms with E-state index in [-0.39, 0.29) is 5.78 Å². The third-order valence-electron chi connectivity index (χ3n) is 2.93. The normalized spacial score (nSPS) is 12.1. The molecule has 1 aromatic heterocycles. The van der Waals surface area contributed by atoms with Crippen molar-refractivity contribution in [3.05, 3.63) is 46.2 Å². The van der Waals surface area contributed by atoms with Crippen LogP contribution in [0, 0.1) is 18.3 Å². The first-order valence-corrected chi connectivity index (χ1v) is 7.46. The zero-order valence-corrected chi connectivity index (χ0v) is 14.1. The average molecular weight is 348 g/mol. The number of carbonyl (C=O) groups excluding carboxylic acids is 1. The first kappa shape index (κ1) is 17.1. The molecular weight excluding hydrogens is 330 g/mol. The first-order chi connectivity index (χ1) is 9.94. The van der Waals surface area contributed by atoms with Crippen molar-refractivity contribution in [1.82, 2.24) is 9.78 Å². The predicted octanol–water partition coefficient (Wildman–Crippen LogP) is 4.39. The van der Waals surface area contributed by atoms with Crippen molar-refractivity contribution in [2.24, 2.45) is 0 Å². The number of carbonyl (C=O) groups is 1. The van der Waals surface area contributed by atoms with E-state index in [0.29, 0.717) is 33.4 Å². The number of ketones is 1. The molecule has 0 saturated heterocycles. The van der Waals surface area contributed by atoms with Gasteiger partial charge >= 0.3 is 0 Å². The van der Waals surface area contributed by atoms with Crippen LogP contribution in [0.1, 0.15) is 42.7 Å². The molecule has 0 aliphatic heterocycles. The lowest BCUT2D eigenvalue weighted by molar-refractivity contribution is 0.0981. The van der Waals surface area contributed by atoms with Gasteiger partial charge in [-0.2, -0.15) is 10.4 Å². The van der Waals surface area contributed by atoms with Gasteiger partial charge in [0.1, 0.15) is 0 Å². The lowest BCUT2D eigenvalue weighted by atomic mass is 10.1. The molecule has 1 aromatic rings. The Balaban J connectivity index is 3.06. The molecule has 0 radical (unpaired) electrons. The van der Waals surface area contributed by atoms with Gasteiger partial charge in [-0.3, -0.25) is 4.79 Å². The maximum atomic E-state index is 12.0. The maximum Gasteiger partial charge on any atom is 0.166 e. The summed E-state index contributed by atoms with van der Waals surface area (Å²) in [5, 5.41) is 13.3. The van der Waals surface area contributed by atoms with Crippen molar-refractivity contribution in [1.29, 1.82) is 5.26 Å². The highest BCUT2D eigenvalue weighted by atomic mass is 79.9. The number of hydrogen-bond donors (Lipinski definition) is 0. The average Bonchev–Trinajstić information content (AvgIpc) is 2.82. The Morgan fingerprint density at radius 1 is 1.62 bits per heavy atom. The van der Waals surface area contributed by atoms with Gasteiger partial charge in [-0.1, -0.05) is 19.6 Å². The predicted molar refractivity (Wildman–Crippen MR) is 87.9 cm³/mol. The quantitative estimate of drug-likeness (QED) is 0.435. The number of halogens is 1. The topological polar surface area (TPSA) is 58.7 Å². The van der Waals surface area contributed by atoms with Gasteiger partial charge < -0.3 is 0 Å². The number of Topliss-reactive ketones (excluding diaryl/α,β-unsaturated/α-hetero) is 1. The summed E-state index contributed by atoms with van der Waals surface area (Å²) in [6, 6.07) is 2.08. The summed E-state index contributed by atoms with van der Waals surface area (Å²) in [4.78, 5) is 12.0. The first-order valence-electron chi connectivity index (χ1n) is 6.67. The van der Waals surface area contributed by atoms with Gasteiger partial charge in [-0.15, -0.1) is 0 Å². The molecule has 0 unspecified atom stereocenters. The van der Waals surface area contributed by atoms with Crippen molar-refractivity contribution in [2.75, 3.05) is 0 Å². The highest BCUT2D eigenvalue weighted by Gasteiger charge is 2.13. The van der Waals surface area contributed by atoms with Crippen LogP contribution in [0.2, 0.25) is 0 Å². The molecule has 110 valence electrons. The summed E-state index contributed by atoms with van der Waals surface area (Å²) in [7, 11) is 0. The number of nitriles is 1. The monoisotopic (exact) mass is 347 g/mol. The molecule has 0 saturated carbocycles. The zero-order chi connectivity index (χ0) is 16.0. The fourth-order valence-electron chi connectivity index (χ4n) is 1.79. The SMILES string of the molecule is C=C(C=C(Br)C(C#N)=CC)n1cc(C(=O)CCC)c(C)n1. The van der Waals surface area contributed by atoms with Crippen molar-refractivity contribution in [2.45, 2.75) is 33.6 Å². The molecule has 0 N–H and O–H groups in total. The second-order valence-electron chi connectivity index (χ2n) is 4.54. The van der Waals surface area contributed by atoms with Gasteiger partial charge in [0, 0.05) is 17.1 Å². The van der Waals surface area contributed by atoms with E-state index in [9.17, 15) is 4.79 Å². The van der Waals surface area contributed by atoms with E-state index >= 15 is 0 Å². The van der Waals surface area contributed by atoms with Gasteiger partial charge in [-0.05, 0) is 42.3 Å². The minimum Gasteiger partial charge on any atom is -0.294 e. The van der Waals surface area contributed by atoms with Crippen molar-refractivity contribution in [3.63, 3.8) is 0 Å². The Kier molecular flexibility index (Phi) is 6.32. The smallest absolute Gasteiger partial charge is 0.166 e. The van der Waals surface area contributed by atoms with Crippen LogP contribution in [-0.2, 0) is 0 Å². The van der Waals surface area contributed by atoms with Gasteiger partial charge in [0.05, 0.1) is 28.6 Å². The van der Waals surface area contributed by atoms with Crippen molar-refractivity contribution < 1.29 is 4.79 Å². The van der Waals surface area contributed by atoms with Crippen LogP contribution in [0.4, 0.5) is 0 Å². The Morgan fingerprint density at radius 3 is 2.81 bits per heavy atom. The van der Waals surface area contributed by atoms with E-state index in [1.165, 1.54) is 0 Å². The van der Waals surface area contributed by atoms with Crippen LogP contribution in [0.25, 0.3) is 5.70 Å². The summed E-state index contributed by atoms with van der Waals surface area (Å²) in [5.74, 6) is 0.0864. The number of allylic oxidation sites excluding steroid dienone is 5. The minimum absolute atomic E-state index is 0.0864. The molecule has 0 fully saturated rings. The van der Waals surface area contributed by atoms with Gasteiger partial charge in [0.2, 0.25) is 0 Å². The van der Waals surface area contributed by atoms with Gasteiger partial charge in [0.25, 0.3) is 0 Å². The van der Waals surface area contributed by atoms with Crippen molar-refractivity contribution in [3.8, 4) is 6.07 Å². The lowest BCUT2D eigenvalue weighted by Crippen LogP contribution is -1.98. The molecule has 1 heterocycles. The summed E-state index contributed by atoms with van der Waals surface area (Å²) < 4.78 is 2.19. The molecule has 4 nitrogen and oxygen atoms in total. The van der Waals surface area contributed by atoms with E-state index in [1.807, 2.05) is 6.92 Å². The van der Waals surface area contributed by atoms with E-state index in [1.54, 1.807) is 36.9 Å². The Labute approximate surface area is 133 Å². The maximum absolute atomic E-state index is 12.0. The number of aromatic nitrogens is 2. The fourth-order valence-corrected chi connectivity index (χ4v) is 2.37. The van der Waals surface area contributed by atoms with Gasteiger partial charge in [0.15, 0.2) is 5.78 Å². The molecule has 0 spiro atoms. The van der Waals surface area contributed by atoms with Crippen LogP contribution in [0.15, 0.2) is 35.0 Å². The van der Waals surface area contributed by atoms with Crippen LogP contribution in [0.5, 0.6) is 0 Å². The summed E-state index contributed by atoms with van der Waals surface area (Å²) in [5.41, 5.74) is 2.40. The number of hydrogen-bond acceptors (Lipinski definition) is 3. The summed E-state index contributed by atoms with van der Waals surface area (Å²) in [6.45, 7) is 9.48. The second kappa shape index (κ2) is 7.75. The molecular formula is C16H18BrN3O. The Morgan fingerprint density at radius 2 is 2.29 bits per heavy atom. The number of nitrogens with zero attached hydrogens (tertiary/aromatic N) is 3. The van der Waals surface area contributed by atoms with E-state index in [4.69, 9.17) is 5.26 Å². The van der Waals surface area contributed by atoms with Crippen molar-refractivity contribution >= 4 is 27.4 Å². The number of aryl methyl sites for hydroxylation is 1. The summed E-state index contributed by atoms with van der Waals surface area (Å²) in [6.07, 6.45) is 6.42. The molecule has 1 rings (SSSR count). The highest BCUT2D eigenvalue weighted by Crippen LogP contribution is 2.21. The molecule has 21 heavy (non-hydrogen) atoms. The lowest BCUT2D eigenvalue weighted by Gasteiger charge is -2.01. The molecule has 0 aliphatic carbocycles. The highest BCUT2D eigenvalue weighted by molar-refractivity contribution is 9.12. The largest absolute Gasteiger partial charge is 0.294 e. The van der Waals surface area contributed by atoms with Crippen LogP contribution in [0.3, 0.4) is 0 Å². The molecule has 0 aromatic carbocycles. The molecule has 0 aliphatic rings. The molecule has 0 amide bonds. The third kappa shape index (κ3) is 4.27. The van der Waals surface area contributed by atoms with E-state index in [2.05, 4.69) is 33.7 Å². The van der Waals surface area contributed by atoms with E-state index in [0.717, 1.165) is 6.42 Å².